The van der Waals surface area contributed by atoms with Gasteiger partial charge in [0.05, 0.1) is 5.56 Å². The van der Waals surface area contributed by atoms with Crippen LogP contribution < -0.4 is 9.64 Å². The van der Waals surface area contributed by atoms with Crippen LogP contribution in [0.3, 0.4) is 0 Å². The molecule has 0 spiro atoms. The normalized spacial score (nSPS) is 24.2. The van der Waals surface area contributed by atoms with Crippen LogP contribution >= 0.6 is 0 Å². The predicted octanol–water partition coefficient (Wildman–Crippen LogP) is 5.13. The third-order valence-electron chi connectivity index (χ3n) is 9.77. The van der Waals surface area contributed by atoms with E-state index < -0.39 is 29.4 Å². The standard InChI is InChI=1S/C33H33F3N6O2/c1-18(34)32(43)42-11-10-41(16-21(42)15-37-2)31-26-14-27(35)28(23-8-4-7-22-24-12-19(24)13-25(22)23)29(36)30(26)38-33(39-31)44-17-20-6-5-9-40(20)3/h4,7-8,14,19-21,24H,1,5-6,9-13,15-17H2,3H3/t19-,20-,21-,24-/m0/s1. The molecule has 2 aliphatic carbocycles. The molecular weight excluding hydrogens is 569 g/mol. The maximum atomic E-state index is 16.6. The molecule has 7 rings (SSSR count). The minimum atomic E-state index is -1.10. The van der Waals surface area contributed by atoms with E-state index in [4.69, 9.17) is 11.3 Å². The van der Waals surface area contributed by atoms with Gasteiger partial charge in [0.25, 0.3) is 5.91 Å². The minimum absolute atomic E-state index is 0.0267. The van der Waals surface area contributed by atoms with Gasteiger partial charge in [0.15, 0.2) is 11.6 Å². The molecule has 3 fully saturated rings. The Hall–Kier alpha value is -4.17. The highest BCUT2D eigenvalue weighted by atomic mass is 19.1. The van der Waals surface area contributed by atoms with Crippen molar-refractivity contribution in [2.45, 2.75) is 43.7 Å². The summed E-state index contributed by atoms with van der Waals surface area (Å²) in [6.07, 6.45) is 3.93. The molecule has 4 aliphatic rings. The molecule has 1 amide bonds. The molecule has 0 N–H and O–H groups in total. The number of hydrogen-bond acceptors (Lipinski definition) is 6. The molecule has 2 aromatic carbocycles. The van der Waals surface area contributed by atoms with Crippen LogP contribution in [-0.4, -0.2) is 84.1 Å². The summed E-state index contributed by atoms with van der Waals surface area (Å²) in [5.74, 6) is -2.20. The van der Waals surface area contributed by atoms with E-state index in [1.165, 1.54) is 16.5 Å². The van der Waals surface area contributed by atoms with Crippen molar-refractivity contribution in [2.24, 2.45) is 5.92 Å². The highest BCUT2D eigenvalue weighted by Crippen LogP contribution is 2.58. The maximum absolute atomic E-state index is 16.6. The molecule has 1 saturated carbocycles. The number of carbonyl (C=O) groups is 1. The van der Waals surface area contributed by atoms with E-state index in [0.717, 1.165) is 37.8 Å². The average Bonchev–Trinajstić information content (AvgIpc) is 3.50. The molecule has 1 aromatic heterocycles. The van der Waals surface area contributed by atoms with Crippen LogP contribution in [0.1, 0.15) is 36.3 Å². The molecule has 0 unspecified atom stereocenters. The van der Waals surface area contributed by atoms with Crippen LogP contribution in [0.4, 0.5) is 19.0 Å². The first kappa shape index (κ1) is 28.6. The van der Waals surface area contributed by atoms with Crippen molar-refractivity contribution in [3.63, 3.8) is 0 Å². The van der Waals surface area contributed by atoms with E-state index in [2.05, 4.69) is 32.4 Å². The molecule has 3 heterocycles. The number of ether oxygens (including phenoxy) is 1. The summed E-state index contributed by atoms with van der Waals surface area (Å²) in [7, 11) is 2.02. The zero-order valence-corrected chi connectivity index (χ0v) is 24.5. The maximum Gasteiger partial charge on any atom is 0.319 e. The van der Waals surface area contributed by atoms with Gasteiger partial charge in [0.2, 0.25) is 6.54 Å². The molecule has 4 atom stereocenters. The largest absolute Gasteiger partial charge is 0.462 e. The number of halogens is 3. The first-order chi connectivity index (χ1) is 21.2. The topological polar surface area (TPSA) is 66.2 Å². The van der Waals surface area contributed by atoms with Crippen LogP contribution in [0, 0.1) is 24.1 Å². The van der Waals surface area contributed by atoms with Crippen molar-refractivity contribution in [2.75, 3.05) is 51.3 Å². The second-order valence-electron chi connectivity index (χ2n) is 12.4. The van der Waals surface area contributed by atoms with Gasteiger partial charge < -0.3 is 24.3 Å². The summed E-state index contributed by atoms with van der Waals surface area (Å²) >= 11 is 0. The van der Waals surface area contributed by atoms with Gasteiger partial charge in [-0.25, -0.2) is 19.7 Å². The summed E-state index contributed by atoms with van der Waals surface area (Å²) in [6.45, 7) is 12.1. The third kappa shape index (κ3) is 4.85. The van der Waals surface area contributed by atoms with E-state index in [9.17, 15) is 9.18 Å². The number of aromatic nitrogens is 2. The van der Waals surface area contributed by atoms with Gasteiger partial charge in [-0.15, -0.1) is 0 Å². The lowest BCUT2D eigenvalue weighted by atomic mass is 9.93. The number of nitrogens with zero attached hydrogens (tertiary/aromatic N) is 6. The summed E-state index contributed by atoms with van der Waals surface area (Å²) in [5.41, 5.74) is 2.56. The number of likely N-dealkylation sites (N-methyl/N-ethyl adjacent to an activating group) is 1. The Morgan fingerprint density at radius 2 is 2.05 bits per heavy atom. The Labute approximate surface area is 253 Å². The molecule has 228 valence electrons. The van der Waals surface area contributed by atoms with E-state index in [-0.39, 0.29) is 60.5 Å². The number of fused-ring (bicyclic) bond motifs is 4. The fourth-order valence-electron chi connectivity index (χ4n) is 7.34. The fourth-order valence-corrected chi connectivity index (χ4v) is 7.34. The number of carbonyl (C=O) groups excluding carboxylic acids is 1. The van der Waals surface area contributed by atoms with Gasteiger partial charge in [-0.05, 0) is 73.9 Å². The van der Waals surface area contributed by atoms with Crippen LogP contribution in [0.5, 0.6) is 6.01 Å². The Bertz CT molecular complexity index is 1720. The monoisotopic (exact) mass is 602 g/mol. The Balaban J connectivity index is 1.32. The van der Waals surface area contributed by atoms with E-state index in [1.807, 2.05) is 13.1 Å². The van der Waals surface area contributed by atoms with Crippen molar-refractivity contribution >= 4 is 22.6 Å². The van der Waals surface area contributed by atoms with Gasteiger partial charge in [-0.1, -0.05) is 24.8 Å². The van der Waals surface area contributed by atoms with Crippen LogP contribution in [0.25, 0.3) is 26.9 Å². The number of amides is 1. The average molecular weight is 603 g/mol. The van der Waals surface area contributed by atoms with Crippen molar-refractivity contribution in [1.82, 2.24) is 19.8 Å². The minimum Gasteiger partial charge on any atom is -0.462 e. The Kier molecular flexibility index (Phi) is 7.20. The lowest BCUT2D eigenvalue weighted by molar-refractivity contribution is -0.131. The molecule has 44 heavy (non-hydrogen) atoms. The van der Waals surface area contributed by atoms with Crippen LogP contribution in [-0.2, 0) is 11.2 Å². The first-order valence-electron chi connectivity index (χ1n) is 15.1. The van der Waals surface area contributed by atoms with Crippen molar-refractivity contribution in [3.05, 3.63) is 70.8 Å². The molecule has 8 nitrogen and oxygen atoms in total. The van der Waals surface area contributed by atoms with Gasteiger partial charge in [0.1, 0.15) is 29.8 Å². The molecule has 0 radical (unpaired) electrons. The fraction of sp³-hybridized carbons (Fsp3) is 0.455. The Morgan fingerprint density at radius 1 is 1.20 bits per heavy atom. The van der Waals surface area contributed by atoms with E-state index in [0.29, 0.717) is 24.0 Å². The summed E-state index contributed by atoms with van der Waals surface area (Å²) < 4.78 is 52.5. The van der Waals surface area contributed by atoms with Crippen molar-refractivity contribution < 1.29 is 22.7 Å². The van der Waals surface area contributed by atoms with Gasteiger partial charge in [0, 0.05) is 31.1 Å². The lowest BCUT2D eigenvalue weighted by Crippen LogP contribution is -2.56. The lowest BCUT2D eigenvalue weighted by Gasteiger charge is -2.39. The zero-order valence-electron chi connectivity index (χ0n) is 24.5. The first-order valence-corrected chi connectivity index (χ1v) is 15.1. The highest BCUT2D eigenvalue weighted by molar-refractivity contribution is 5.95. The SMILES string of the molecule is [C-]#[N+]C[C@H]1CN(c2nc(OC[C@@H]3CCCN3C)nc3c(F)c(-c4cccc5c4C[C@@H]4C[C@H]54)c(F)cc23)CCN1C(=O)C(=C)F. The second kappa shape index (κ2) is 11.1. The summed E-state index contributed by atoms with van der Waals surface area (Å²) in [6, 6.07) is 6.43. The van der Waals surface area contributed by atoms with Crippen molar-refractivity contribution in [1.29, 1.82) is 0 Å². The van der Waals surface area contributed by atoms with E-state index in [1.54, 1.807) is 11.0 Å². The summed E-state index contributed by atoms with van der Waals surface area (Å²) in [5, 5.41) is 0.167. The highest BCUT2D eigenvalue weighted by Gasteiger charge is 2.46. The van der Waals surface area contributed by atoms with Gasteiger partial charge >= 0.3 is 6.01 Å². The number of likely N-dealkylation sites (tertiary alicyclic amines) is 1. The van der Waals surface area contributed by atoms with Gasteiger partial charge in [-0.2, -0.15) is 9.97 Å². The third-order valence-corrected chi connectivity index (χ3v) is 9.77. The molecule has 3 aromatic rings. The number of rotatable bonds is 7. The number of piperazine rings is 1. The second-order valence-corrected chi connectivity index (χ2v) is 12.4. The van der Waals surface area contributed by atoms with Crippen LogP contribution in [0.2, 0.25) is 0 Å². The molecule has 2 aliphatic heterocycles. The molecule has 2 saturated heterocycles. The quantitative estimate of drug-likeness (QED) is 0.276. The van der Waals surface area contributed by atoms with Gasteiger partial charge in [-0.3, -0.25) is 4.79 Å². The molecule has 11 heteroatoms. The molecule has 0 bridgehead atoms. The Morgan fingerprint density at radius 3 is 2.80 bits per heavy atom. The van der Waals surface area contributed by atoms with Crippen LogP contribution in [0.15, 0.2) is 36.7 Å². The molecular formula is C33H33F3N6O2. The number of anilines is 1. The number of hydrogen-bond donors (Lipinski definition) is 0. The predicted molar refractivity (Wildman–Crippen MR) is 160 cm³/mol. The number of benzene rings is 2. The van der Waals surface area contributed by atoms with Crippen molar-refractivity contribution in [3.8, 4) is 17.1 Å². The zero-order chi connectivity index (χ0) is 30.7. The summed E-state index contributed by atoms with van der Waals surface area (Å²) in [4.78, 5) is 30.3. The smallest absolute Gasteiger partial charge is 0.319 e. The van der Waals surface area contributed by atoms with E-state index >= 15 is 8.78 Å².